The fraction of sp³-hybridized carbons (Fsp3) is 0. The van der Waals surface area contributed by atoms with E-state index in [1.165, 1.54) is 16.7 Å². The number of benzene rings is 3. The average molecular weight is 349 g/mol. The molecule has 0 aliphatic carbocycles. The minimum Gasteiger partial charge on any atom is -0.464 e. The van der Waals surface area contributed by atoms with Gasteiger partial charge in [0.15, 0.2) is 0 Å². The van der Waals surface area contributed by atoms with E-state index in [0.717, 1.165) is 21.0 Å². The largest absolute Gasteiger partial charge is 0.464 e. The first kappa shape index (κ1) is 13.4. The number of furan rings is 1. The predicted octanol–water partition coefficient (Wildman–Crippen LogP) is 6.53. The van der Waals surface area contributed by atoms with E-state index < -0.39 is 0 Å². The Kier molecular flexibility index (Phi) is 3.32. The second-order valence-electron chi connectivity index (χ2n) is 5.23. The van der Waals surface area contributed by atoms with Crippen molar-refractivity contribution >= 4 is 26.9 Å². The molecule has 0 saturated carbocycles. The van der Waals surface area contributed by atoms with E-state index in [1.54, 1.807) is 0 Å². The summed E-state index contributed by atoms with van der Waals surface area (Å²) in [4.78, 5) is 0. The molecule has 4 aromatic rings. The number of hydrogen-bond acceptors (Lipinski definition) is 1. The fourth-order valence-electron chi connectivity index (χ4n) is 2.69. The maximum Gasteiger partial charge on any atom is 0.134 e. The highest BCUT2D eigenvalue weighted by atomic mass is 79.9. The van der Waals surface area contributed by atoms with Crippen molar-refractivity contribution < 1.29 is 4.42 Å². The van der Waals surface area contributed by atoms with Crippen LogP contribution in [0.3, 0.4) is 0 Å². The van der Waals surface area contributed by atoms with Crippen molar-refractivity contribution in [3.05, 3.63) is 83.5 Å². The van der Waals surface area contributed by atoms with Crippen LogP contribution in [-0.2, 0) is 0 Å². The van der Waals surface area contributed by atoms with Gasteiger partial charge in [0.2, 0.25) is 0 Å². The van der Waals surface area contributed by atoms with Crippen LogP contribution in [0.25, 0.3) is 33.2 Å². The van der Waals surface area contributed by atoms with Gasteiger partial charge in [0.25, 0.3) is 0 Å². The molecule has 0 fully saturated rings. The van der Waals surface area contributed by atoms with Gasteiger partial charge < -0.3 is 4.42 Å². The Hall–Kier alpha value is -2.32. The van der Waals surface area contributed by atoms with Crippen LogP contribution < -0.4 is 0 Å². The topological polar surface area (TPSA) is 13.1 Å². The Bertz CT molecular complexity index is 918. The molecule has 0 unspecified atom stereocenters. The van der Waals surface area contributed by atoms with Crippen molar-refractivity contribution in [1.29, 1.82) is 0 Å². The summed E-state index contributed by atoms with van der Waals surface area (Å²) in [5.74, 6) is 0. The molecule has 0 spiro atoms. The van der Waals surface area contributed by atoms with Crippen molar-refractivity contribution in [1.82, 2.24) is 0 Å². The van der Waals surface area contributed by atoms with Crippen molar-refractivity contribution in [3.8, 4) is 22.3 Å². The number of para-hydroxylation sites is 1. The Morgan fingerprint density at radius 2 is 1.23 bits per heavy atom. The lowest BCUT2D eigenvalue weighted by Crippen LogP contribution is -1.79. The molecular weight excluding hydrogens is 336 g/mol. The quantitative estimate of drug-likeness (QED) is 0.401. The maximum atomic E-state index is 5.63. The third-order valence-electron chi connectivity index (χ3n) is 3.85. The Morgan fingerprint density at radius 1 is 0.636 bits per heavy atom. The number of halogens is 1. The van der Waals surface area contributed by atoms with Crippen molar-refractivity contribution in [2.45, 2.75) is 0 Å². The zero-order valence-electron chi connectivity index (χ0n) is 11.8. The Labute approximate surface area is 137 Å². The van der Waals surface area contributed by atoms with E-state index in [9.17, 15) is 0 Å². The van der Waals surface area contributed by atoms with Crippen LogP contribution >= 0.6 is 15.9 Å². The van der Waals surface area contributed by atoms with Crippen LogP contribution in [0.5, 0.6) is 0 Å². The molecule has 1 heterocycles. The van der Waals surface area contributed by atoms with Gasteiger partial charge in [-0.3, -0.25) is 0 Å². The summed E-state index contributed by atoms with van der Waals surface area (Å²) in [7, 11) is 0. The summed E-state index contributed by atoms with van der Waals surface area (Å²) < 4.78 is 6.72. The van der Waals surface area contributed by atoms with Crippen LogP contribution in [0.2, 0.25) is 0 Å². The molecule has 106 valence electrons. The van der Waals surface area contributed by atoms with Gasteiger partial charge in [-0.15, -0.1) is 0 Å². The molecule has 0 radical (unpaired) electrons. The van der Waals surface area contributed by atoms with Gasteiger partial charge >= 0.3 is 0 Å². The minimum atomic E-state index is 0.925. The lowest BCUT2D eigenvalue weighted by atomic mass is 10.00. The monoisotopic (exact) mass is 348 g/mol. The van der Waals surface area contributed by atoms with Gasteiger partial charge in [0, 0.05) is 15.4 Å². The standard InChI is InChI=1S/C20H13BrO/c21-17-11-9-15(10-12-17)14-5-7-16(8-6-14)19-13-22-20-4-2-1-3-18(19)20/h1-13H. The number of hydrogen-bond donors (Lipinski definition) is 0. The molecule has 0 aliphatic rings. The highest BCUT2D eigenvalue weighted by Gasteiger charge is 2.07. The lowest BCUT2D eigenvalue weighted by Gasteiger charge is -2.04. The minimum absolute atomic E-state index is 0.925. The predicted molar refractivity (Wildman–Crippen MR) is 94.8 cm³/mol. The van der Waals surface area contributed by atoms with E-state index >= 15 is 0 Å². The molecule has 0 atom stereocenters. The molecule has 1 nitrogen and oxygen atoms in total. The lowest BCUT2D eigenvalue weighted by molar-refractivity contribution is 0.617. The summed E-state index contributed by atoms with van der Waals surface area (Å²) in [5, 5.41) is 1.15. The molecule has 0 amide bonds. The third-order valence-corrected chi connectivity index (χ3v) is 4.38. The first-order valence-corrected chi connectivity index (χ1v) is 7.93. The number of fused-ring (bicyclic) bond motifs is 1. The molecular formula is C20H13BrO. The summed E-state index contributed by atoms with van der Waals surface area (Å²) >= 11 is 3.47. The summed E-state index contributed by atoms with van der Waals surface area (Å²) in [5.41, 5.74) is 5.66. The highest BCUT2D eigenvalue weighted by Crippen LogP contribution is 2.32. The van der Waals surface area contributed by atoms with E-state index in [0.29, 0.717) is 0 Å². The molecule has 4 rings (SSSR count). The molecule has 1 aromatic heterocycles. The second-order valence-corrected chi connectivity index (χ2v) is 6.15. The van der Waals surface area contributed by atoms with Crippen LogP contribution in [0.4, 0.5) is 0 Å². The second kappa shape index (κ2) is 5.47. The molecule has 0 bridgehead atoms. The molecule has 0 saturated heterocycles. The van der Waals surface area contributed by atoms with E-state index in [2.05, 4.69) is 70.5 Å². The van der Waals surface area contributed by atoms with Crippen LogP contribution in [0.15, 0.2) is 87.9 Å². The smallest absolute Gasteiger partial charge is 0.134 e. The summed E-state index contributed by atoms with van der Waals surface area (Å²) in [6, 6.07) is 25.1. The van der Waals surface area contributed by atoms with Crippen molar-refractivity contribution in [2.75, 3.05) is 0 Å². The van der Waals surface area contributed by atoms with Gasteiger partial charge in [0.05, 0.1) is 6.26 Å². The SMILES string of the molecule is Brc1ccc(-c2ccc(-c3coc4ccccc34)cc2)cc1. The van der Waals surface area contributed by atoms with Crippen LogP contribution in [0, 0.1) is 0 Å². The van der Waals surface area contributed by atoms with Crippen molar-refractivity contribution in [3.63, 3.8) is 0 Å². The zero-order valence-corrected chi connectivity index (χ0v) is 13.4. The highest BCUT2D eigenvalue weighted by molar-refractivity contribution is 9.10. The fourth-order valence-corrected chi connectivity index (χ4v) is 2.95. The van der Waals surface area contributed by atoms with Gasteiger partial charge in [-0.25, -0.2) is 0 Å². The normalized spacial score (nSPS) is 11.0. The maximum absolute atomic E-state index is 5.63. The van der Waals surface area contributed by atoms with E-state index in [1.807, 2.05) is 24.5 Å². The zero-order chi connectivity index (χ0) is 14.9. The van der Waals surface area contributed by atoms with Crippen LogP contribution in [-0.4, -0.2) is 0 Å². The summed E-state index contributed by atoms with van der Waals surface area (Å²) in [6.07, 6.45) is 1.83. The van der Waals surface area contributed by atoms with Gasteiger partial charge in [-0.1, -0.05) is 70.5 Å². The van der Waals surface area contributed by atoms with E-state index in [-0.39, 0.29) is 0 Å². The first-order valence-electron chi connectivity index (χ1n) is 7.14. The molecule has 0 N–H and O–H groups in total. The van der Waals surface area contributed by atoms with Crippen molar-refractivity contribution in [2.24, 2.45) is 0 Å². The van der Waals surface area contributed by atoms with Crippen LogP contribution in [0.1, 0.15) is 0 Å². The average Bonchev–Trinajstić information content (AvgIpc) is 3.00. The van der Waals surface area contributed by atoms with E-state index in [4.69, 9.17) is 4.42 Å². The molecule has 2 heteroatoms. The Morgan fingerprint density at radius 3 is 1.95 bits per heavy atom. The molecule has 22 heavy (non-hydrogen) atoms. The first-order chi connectivity index (χ1) is 10.8. The van der Waals surface area contributed by atoms with Gasteiger partial charge in [0.1, 0.15) is 5.58 Å². The Balaban J connectivity index is 1.74. The van der Waals surface area contributed by atoms with Gasteiger partial charge in [-0.2, -0.15) is 0 Å². The van der Waals surface area contributed by atoms with Gasteiger partial charge in [-0.05, 0) is 34.9 Å². The molecule has 3 aromatic carbocycles. The summed E-state index contributed by atoms with van der Waals surface area (Å²) in [6.45, 7) is 0. The third kappa shape index (κ3) is 2.36. The molecule has 0 aliphatic heterocycles. The number of rotatable bonds is 2.